The van der Waals surface area contributed by atoms with Crippen LogP contribution in [-0.4, -0.2) is 35.2 Å². The largest absolute Gasteiger partial charge is 0.481 e. The third-order valence-corrected chi connectivity index (χ3v) is 6.05. The molecular formula is C20H20ClN3O2S. The summed E-state index contributed by atoms with van der Waals surface area (Å²) in [4.78, 5) is 17.9. The lowest BCUT2D eigenvalue weighted by Gasteiger charge is -2.16. The van der Waals surface area contributed by atoms with Gasteiger partial charge in [0.05, 0.1) is 16.6 Å². The Bertz CT molecular complexity index is 975. The van der Waals surface area contributed by atoms with Crippen LogP contribution in [0.25, 0.3) is 10.2 Å². The highest BCUT2D eigenvalue weighted by Crippen LogP contribution is 2.32. The zero-order valence-electron chi connectivity index (χ0n) is 14.7. The van der Waals surface area contributed by atoms with Gasteiger partial charge in [-0.1, -0.05) is 47.2 Å². The van der Waals surface area contributed by atoms with Crippen molar-refractivity contribution in [2.24, 2.45) is 0 Å². The van der Waals surface area contributed by atoms with Gasteiger partial charge in [0.1, 0.15) is 0 Å². The van der Waals surface area contributed by atoms with Crippen molar-refractivity contribution >= 4 is 44.3 Å². The fourth-order valence-electron chi connectivity index (χ4n) is 3.41. The first-order valence-electron chi connectivity index (χ1n) is 8.91. The predicted molar refractivity (Wildman–Crippen MR) is 110 cm³/mol. The van der Waals surface area contributed by atoms with E-state index in [1.807, 2.05) is 42.5 Å². The lowest BCUT2D eigenvalue weighted by molar-refractivity contribution is -0.136. The first-order valence-corrected chi connectivity index (χ1v) is 10.1. The topological polar surface area (TPSA) is 65.5 Å². The number of nitrogens with one attached hydrogen (secondary N) is 1. The number of halogens is 1. The van der Waals surface area contributed by atoms with Crippen LogP contribution in [0.2, 0.25) is 5.02 Å². The van der Waals surface area contributed by atoms with Gasteiger partial charge in [0.2, 0.25) is 0 Å². The minimum absolute atomic E-state index is 0.0622. The SMILES string of the molecule is O=C(O)Cc1cccc(CNC2CCN(c3nc4ccc(Cl)cc4s3)C2)c1. The number of fused-ring (bicyclic) bond motifs is 1. The molecule has 2 heterocycles. The van der Waals surface area contributed by atoms with Gasteiger partial charge in [-0.25, -0.2) is 4.98 Å². The molecule has 1 saturated heterocycles. The highest BCUT2D eigenvalue weighted by molar-refractivity contribution is 7.22. The minimum Gasteiger partial charge on any atom is -0.481 e. The molecule has 0 radical (unpaired) electrons. The van der Waals surface area contributed by atoms with E-state index < -0.39 is 5.97 Å². The van der Waals surface area contributed by atoms with Crippen LogP contribution < -0.4 is 10.2 Å². The van der Waals surface area contributed by atoms with Crippen molar-refractivity contribution in [2.45, 2.75) is 25.4 Å². The first kappa shape index (κ1) is 18.2. The molecule has 0 aliphatic carbocycles. The fourth-order valence-corrected chi connectivity index (χ4v) is 4.69. The molecule has 1 aliphatic rings. The summed E-state index contributed by atoms with van der Waals surface area (Å²) in [6, 6.07) is 14.0. The normalized spacial score (nSPS) is 16.9. The van der Waals surface area contributed by atoms with Crippen LogP contribution in [-0.2, 0) is 17.8 Å². The molecule has 1 unspecified atom stereocenters. The van der Waals surface area contributed by atoms with Gasteiger partial charge in [-0.15, -0.1) is 0 Å². The maximum absolute atomic E-state index is 10.9. The third kappa shape index (κ3) is 4.40. The van der Waals surface area contributed by atoms with Crippen LogP contribution in [0.15, 0.2) is 42.5 Å². The molecule has 5 nitrogen and oxygen atoms in total. The number of nitrogens with zero attached hydrogens (tertiary/aromatic N) is 2. The van der Waals surface area contributed by atoms with Crippen LogP contribution in [0.3, 0.4) is 0 Å². The second-order valence-corrected chi connectivity index (χ2v) is 8.26. The van der Waals surface area contributed by atoms with Gasteiger partial charge in [-0.2, -0.15) is 0 Å². The van der Waals surface area contributed by atoms with E-state index in [9.17, 15) is 4.79 Å². The molecule has 1 fully saturated rings. The number of aliphatic carboxylic acids is 1. The lowest BCUT2D eigenvalue weighted by Crippen LogP contribution is -2.32. The Labute approximate surface area is 166 Å². The Morgan fingerprint density at radius 1 is 1.30 bits per heavy atom. The molecule has 1 aromatic heterocycles. The van der Waals surface area contributed by atoms with Gasteiger partial charge < -0.3 is 15.3 Å². The summed E-state index contributed by atoms with van der Waals surface area (Å²) >= 11 is 7.75. The molecule has 140 valence electrons. The summed E-state index contributed by atoms with van der Waals surface area (Å²) in [5.74, 6) is -0.802. The van der Waals surface area contributed by atoms with E-state index in [0.29, 0.717) is 6.04 Å². The van der Waals surface area contributed by atoms with Crippen LogP contribution in [0.5, 0.6) is 0 Å². The standard InChI is InChI=1S/C20H20ClN3O2S/c21-15-4-5-17-18(10-15)27-20(23-17)24-7-6-16(12-24)22-11-14-3-1-2-13(8-14)9-19(25)26/h1-5,8,10,16,22H,6-7,9,11-12H2,(H,25,26). The highest BCUT2D eigenvalue weighted by atomic mass is 35.5. The van der Waals surface area contributed by atoms with Gasteiger partial charge in [-0.3, -0.25) is 4.79 Å². The maximum atomic E-state index is 10.9. The van der Waals surface area contributed by atoms with Gasteiger partial charge in [0.15, 0.2) is 5.13 Å². The van der Waals surface area contributed by atoms with Crippen molar-refractivity contribution in [3.63, 3.8) is 0 Å². The van der Waals surface area contributed by atoms with Gasteiger partial charge in [0.25, 0.3) is 0 Å². The van der Waals surface area contributed by atoms with E-state index in [2.05, 4.69) is 10.2 Å². The van der Waals surface area contributed by atoms with Gasteiger partial charge in [-0.05, 0) is 35.7 Å². The summed E-state index contributed by atoms with van der Waals surface area (Å²) in [6.45, 7) is 2.63. The molecule has 3 aromatic rings. The Morgan fingerprint density at radius 2 is 2.15 bits per heavy atom. The first-order chi connectivity index (χ1) is 13.1. The molecule has 0 saturated carbocycles. The number of hydrogen-bond acceptors (Lipinski definition) is 5. The van der Waals surface area contributed by atoms with Crippen molar-refractivity contribution in [1.29, 1.82) is 0 Å². The van der Waals surface area contributed by atoms with Crippen molar-refractivity contribution in [2.75, 3.05) is 18.0 Å². The molecule has 0 amide bonds. The molecule has 4 rings (SSSR count). The quantitative estimate of drug-likeness (QED) is 0.654. The minimum atomic E-state index is -0.802. The summed E-state index contributed by atoms with van der Waals surface area (Å²) < 4.78 is 1.11. The van der Waals surface area contributed by atoms with E-state index in [1.165, 1.54) is 0 Å². The predicted octanol–water partition coefficient (Wildman–Crippen LogP) is 3.95. The molecule has 0 spiro atoms. The Hall–Kier alpha value is -2.15. The molecule has 7 heteroatoms. The number of carbonyl (C=O) groups is 1. The molecule has 1 aliphatic heterocycles. The summed E-state index contributed by atoms with van der Waals surface area (Å²) in [5, 5.41) is 14.3. The molecule has 2 aromatic carbocycles. The van der Waals surface area contributed by atoms with E-state index in [-0.39, 0.29) is 6.42 Å². The Morgan fingerprint density at radius 3 is 3.00 bits per heavy atom. The number of anilines is 1. The van der Waals surface area contributed by atoms with E-state index in [0.717, 1.165) is 57.6 Å². The summed E-state index contributed by atoms with van der Waals surface area (Å²) in [6.07, 6.45) is 1.12. The number of carboxylic acids is 1. The molecule has 0 bridgehead atoms. The zero-order valence-corrected chi connectivity index (χ0v) is 16.3. The van der Waals surface area contributed by atoms with Gasteiger partial charge in [0, 0.05) is 30.7 Å². The van der Waals surface area contributed by atoms with Crippen molar-refractivity contribution in [1.82, 2.24) is 10.3 Å². The number of thiazole rings is 1. The maximum Gasteiger partial charge on any atom is 0.307 e. The number of carboxylic acid groups (broad SMARTS) is 1. The summed E-state index contributed by atoms with van der Waals surface area (Å²) in [5.41, 5.74) is 2.94. The fraction of sp³-hybridized carbons (Fsp3) is 0.300. The monoisotopic (exact) mass is 401 g/mol. The number of rotatable bonds is 6. The van der Waals surface area contributed by atoms with Crippen molar-refractivity contribution in [3.05, 3.63) is 58.6 Å². The summed E-state index contributed by atoms with van der Waals surface area (Å²) in [7, 11) is 0. The van der Waals surface area contributed by atoms with E-state index in [1.54, 1.807) is 11.3 Å². The van der Waals surface area contributed by atoms with Crippen LogP contribution in [0.1, 0.15) is 17.5 Å². The number of hydrogen-bond donors (Lipinski definition) is 2. The van der Waals surface area contributed by atoms with Crippen LogP contribution >= 0.6 is 22.9 Å². The van der Waals surface area contributed by atoms with Crippen molar-refractivity contribution in [3.8, 4) is 0 Å². The Kier molecular flexibility index (Phi) is 5.29. The van der Waals surface area contributed by atoms with E-state index in [4.69, 9.17) is 21.7 Å². The Balaban J connectivity index is 1.36. The second-order valence-electron chi connectivity index (χ2n) is 6.81. The lowest BCUT2D eigenvalue weighted by atomic mass is 10.1. The zero-order chi connectivity index (χ0) is 18.8. The second kappa shape index (κ2) is 7.84. The number of aromatic nitrogens is 1. The molecule has 27 heavy (non-hydrogen) atoms. The van der Waals surface area contributed by atoms with E-state index >= 15 is 0 Å². The molecule has 1 atom stereocenters. The third-order valence-electron chi connectivity index (χ3n) is 4.74. The van der Waals surface area contributed by atoms with Crippen molar-refractivity contribution < 1.29 is 9.90 Å². The smallest absolute Gasteiger partial charge is 0.307 e. The van der Waals surface area contributed by atoms with Crippen LogP contribution in [0, 0.1) is 0 Å². The molecule has 2 N–H and O–H groups in total. The van der Waals surface area contributed by atoms with Crippen LogP contribution in [0.4, 0.5) is 5.13 Å². The molecular weight excluding hydrogens is 382 g/mol. The van der Waals surface area contributed by atoms with Gasteiger partial charge >= 0.3 is 5.97 Å². The average Bonchev–Trinajstić information content (AvgIpc) is 3.26. The highest BCUT2D eigenvalue weighted by Gasteiger charge is 2.24. The average molecular weight is 402 g/mol. The number of benzene rings is 2.